The van der Waals surface area contributed by atoms with E-state index in [0.717, 1.165) is 189 Å². The molecule has 0 N–H and O–H groups in total. The van der Waals surface area contributed by atoms with Gasteiger partial charge in [-0.1, -0.05) is 191 Å². The van der Waals surface area contributed by atoms with Crippen molar-refractivity contribution in [3.8, 4) is 56.3 Å². The van der Waals surface area contributed by atoms with Crippen LogP contribution in [0.3, 0.4) is 0 Å². The molecule has 730 valence electrons. The fraction of sp³-hybridized carbons (Fsp3) is 0.370. The van der Waals surface area contributed by atoms with Crippen molar-refractivity contribution in [2.45, 2.75) is 241 Å². The highest BCUT2D eigenvalue weighted by Gasteiger charge is 2.31. The summed E-state index contributed by atoms with van der Waals surface area (Å²) in [5, 5.41) is 11.1. The van der Waals surface area contributed by atoms with E-state index in [1.54, 1.807) is 0 Å². The molecule has 5 aromatic carbocycles. The molecule has 0 atom stereocenters. The van der Waals surface area contributed by atoms with Crippen LogP contribution in [-0.4, -0.2) is 24.9 Å². The van der Waals surface area contributed by atoms with Crippen LogP contribution in [0.1, 0.15) is 239 Å². The Kier molecular flexibility index (Phi) is 29.6. The minimum absolute atomic E-state index is 0.269. The van der Waals surface area contributed by atoms with Crippen molar-refractivity contribution in [3.63, 3.8) is 0 Å². The molecule has 142 heavy (non-hydrogen) atoms. The van der Waals surface area contributed by atoms with Gasteiger partial charge in [-0.25, -0.2) is 47.8 Å². The first-order chi connectivity index (χ1) is 67.9. The molecule has 15 heterocycles. The predicted octanol–water partition coefficient (Wildman–Crippen LogP) is 30.5. The molecule has 0 saturated heterocycles. The van der Waals surface area contributed by atoms with Crippen molar-refractivity contribution in [2.24, 2.45) is 70.2 Å². The van der Waals surface area contributed by atoms with E-state index in [0.29, 0.717) is 47.1 Å². The van der Waals surface area contributed by atoms with Crippen LogP contribution in [-0.2, 0) is 80.2 Å². The molecule has 1 aliphatic rings. The summed E-state index contributed by atoms with van der Waals surface area (Å²) in [5.41, 5.74) is 38.7. The fourth-order valence-electron chi connectivity index (χ4n) is 21.0. The van der Waals surface area contributed by atoms with Crippen LogP contribution in [0.2, 0.25) is 0 Å². The summed E-state index contributed by atoms with van der Waals surface area (Å²) in [4.78, 5) is 23.9. The Labute approximate surface area is 839 Å². The molecular formula is C127H147N10O5+5. The number of pyridine rings is 10. The quantitative estimate of drug-likeness (QED) is 0.0716. The van der Waals surface area contributed by atoms with E-state index in [-0.39, 0.29) is 5.41 Å². The zero-order chi connectivity index (χ0) is 101. The Balaban J connectivity index is 0.000000122. The maximum absolute atomic E-state index is 6.49. The highest BCUT2D eigenvalue weighted by Crippen LogP contribution is 2.45. The Morgan fingerprint density at radius 1 is 0.303 bits per heavy atom. The predicted molar refractivity (Wildman–Crippen MR) is 584 cm³/mol. The Bertz CT molecular complexity index is 8090. The Morgan fingerprint density at radius 2 is 0.620 bits per heavy atom. The highest BCUT2D eigenvalue weighted by molar-refractivity contribution is 6.13. The molecule has 15 heteroatoms. The van der Waals surface area contributed by atoms with Gasteiger partial charge in [-0.15, -0.1) is 0 Å². The van der Waals surface area contributed by atoms with Gasteiger partial charge >= 0.3 is 0 Å². The van der Waals surface area contributed by atoms with E-state index in [4.69, 9.17) is 42.0 Å². The normalized spacial score (nSPS) is 12.7. The molecule has 15 nitrogen and oxygen atoms in total. The summed E-state index contributed by atoms with van der Waals surface area (Å²) in [5.74, 6) is 4.05. The largest absolute Gasteiger partial charge is 0.437 e. The number of benzene rings is 5. The third-order valence-corrected chi connectivity index (χ3v) is 28.1. The van der Waals surface area contributed by atoms with Crippen molar-refractivity contribution in [2.75, 3.05) is 0 Å². The van der Waals surface area contributed by atoms with E-state index in [2.05, 4.69) is 415 Å². The number of hydrogen-bond acceptors (Lipinski definition) is 10. The molecule has 0 radical (unpaired) electrons. The van der Waals surface area contributed by atoms with Gasteiger partial charge in [-0.2, -0.15) is 0 Å². The van der Waals surface area contributed by atoms with Crippen molar-refractivity contribution >= 4 is 110 Å². The lowest BCUT2D eigenvalue weighted by Gasteiger charge is -2.20. The summed E-state index contributed by atoms with van der Waals surface area (Å²) < 4.78 is 42.8. The molecular weight excluding hydrogens is 1750 g/mol. The molecule has 0 spiro atoms. The van der Waals surface area contributed by atoms with Gasteiger partial charge in [0.25, 0.3) is 0 Å². The first-order valence-corrected chi connectivity index (χ1v) is 51.9. The molecule has 0 amide bonds. The second kappa shape index (κ2) is 42.0. The van der Waals surface area contributed by atoms with Crippen molar-refractivity contribution < 1.29 is 44.9 Å². The second-order valence-electron chi connectivity index (χ2n) is 44.2. The van der Waals surface area contributed by atoms with E-state index in [9.17, 15) is 0 Å². The summed E-state index contributed by atoms with van der Waals surface area (Å²) in [6.45, 7) is 48.6. The molecule has 1 fully saturated rings. The van der Waals surface area contributed by atoms with E-state index < -0.39 is 0 Å². The summed E-state index contributed by atoms with van der Waals surface area (Å²) >= 11 is 0. The van der Waals surface area contributed by atoms with Gasteiger partial charge in [0.15, 0.2) is 58.9 Å². The molecule has 15 aromatic heterocycles. The van der Waals surface area contributed by atoms with Crippen LogP contribution < -0.4 is 22.8 Å². The highest BCUT2D eigenvalue weighted by atomic mass is 16.4. The summed E-state index contributed by atoms with van der Waals surface area (Å²) in [6, 6.07) is 65.8. The molecule has 1 saturated carbocycles. The van der Waals surface area contributed by atoms with Gasteiger partial charge in [-0.3, -0.25) is 0 Å². The standard InChI is InChI=1S/C29H35N2O.C26H31N2O.C25H29N2O.C24H27N2O.C23H25N2O/c1-19-11-13-22-23-14-15-24(21-9-7-6-8-10-21)30-28(23)32-27(22)26(19)25-16-12-20(18-31(25)5)17-29(2,3)4;1-16(2)13-19-11-12-28(6)23(15-19)24-18(5)7-9-21-22-10-8-20(14-17(3)4)27-26(22)29-25(21)24;1-15(2)13-18-11-12-27(6)22(14-18)23-17(5)7-8-19-20-9-10-21(16(3)4)26-25(20)28-24(19)23;1-6-18-8-10-20-19-9-7-16(4)22(23(19)27-24(20)25-18)21-14-17(13-15(2)3)11-12-26(21)5;1-14(2)12-17-10-11-25(5)20(13-17)21-15(3)6-8-18-19-9-7-16(4)24-23(19)26-22(18)21/h11-16,18,21H,6-10,17H2,1-5H3;7-12,15-17H,13-14H2,1-6H3;7-12,14-16H,13H2,1-6H3;7-12,14-15H,6,13H2,1-5H3;6-11,13-14H,12H2,1-5H3/q5*+1. The van der Waals surface area contributed by atoms with Gasteiger partial charge in [-0.05, 0) is 257 Å². The zero-order valence-corrected chi connectivity index (χ0v) is 89.2. The van der Waals surface area contributed by atoms with Crippen molar-refractivity contribution in [3.05, 3.63) is 297 Å². The summed E-state index contributed by atoms with van der Waals surface area (Å²) in [7, 11) is 10.5. The second-order valence-corrected chi connectivity index (χ2v) is 44.2. The van der Waals surface area contributed by atoms with Crippen molar-refractivity contribution in [1.29, 1.82) is 0 Å². The lowest BCUT2D eigenvalue weighted by Crippen LogP contribution is -2.32. The van der Waals surface area contributed by atoms with Crippen LogP contribution in [0, 0.1) is 76.5 Å². The lowest BCUT2D eigenvalue weighted by atomic mass is 9.86. The molecule has 0 unspecified atom stereocenters. The van der Waals surface area contributed by atoms with Gasteiger partial charge < -0.3 is 22.1 Å². The molecule has 0 aliphatic heterocycles. The number of hydrogen-bond donors (Lipinski definition) is 0. The number of fused-ring (bicyclic) bond motifs is 15. The topological polar surface area (TPSA) is 150 Å². The average molecular weight is 1890 g/mol. The third-order valence-electron chi connectivity index (χ3n) is 28.1. The van der Waals surface area contributed by atoms with Crippen molar-refractivity contribution in [1.82, 2.24) is 24.9 Å². The number of nitrogens with zero attached hydrogens (tertiary/aromatic N) is 10. The first-order valence-electron chi connectivity index (χ1n) is 51.9. The van der Waals surface area contributed by atoms with Gasteiger partial charge in [0.2, 0.25) is 57.0 Å². The number of furan rings is 5. The third kappa shape index (κ3) is 21.5. The van der Waals surface area contributed by atoms with E-state index in [1.165, 1.54) is 133 Å². The fourth-order valence-corrected chi connectivity index (χ4v) is 21.0. The number of aryl methyl sites for hydroxylation is 12. The van der Waals surface area contributed by atoms with Crippen LogP contribution in [0.25, 0.3) is 167 Å². The Hall–Kier alpha value is -13.4. The van der Waals surface area contributed by atoms with E-state index in [1.807, 2.05) is 13.0 Å². The molecule has 20 aromatic rings. The number of rotatable bonds is 19. The maximum Gasteiger partial charge on any atom is 0.227 e. The first kappa shape index (κ1) is 100. The maximum atomic E-state index is 6.49. The average Bonchev–Trinajstić information content (AvgIpc) is 1.63. The SMILES string of the molecule is CCc1ccc2c(n1)oc1c(-c3cc(CC(C)C)cc[n+]3C)c(C)ccc12.Cc1ccc2c(n1)oc1c(-c3cc(CC(C)C)cc[n+]3C)c(C)ccc12.Cc1ccc2c(oc3nc(C(C)C)ccc32)c1-c1cc(CC(C)C)cc[n+]1C.Cc1ccc2c(oc3nc(C4CCCCC4)ccc32)c1-c1ccc(CC(C)(C)C)c[n+]1C.Cc1ccc2c(oc3nc(CC(C)C)ccc32)c1-c1cc(CC(C)C)cc[n+]1C. The lowest BCUT2D eigenvalue weighted by molar-refractivity contribution is -0.660. The smallest absolute Gasteiger partial charge is 0.227 e. The van der Waals surface area contributed by atoms with E-state index >= 15 is 0 Å². The zero-order valence-electron chi connectivity index (χ0n) is 89.2. The van der Waals surface area contributed by atoms with Crippen LogP contribution in [0.4, 0.5) is 0 Å². The summed E-state index contributed by atoms with van der Waals surface area (Å²) in [6.07, 6.45) is 24.6. The Morgan fingerprint density at radius 3 is 0.972 bits per heavy atom. The van der Waals surface area contributed by atoms with Gasteiger partial charge in [0.1, 0.15) is 35.2 Å². The monoisotopic (exact) mass is 1890 g/mol. The van der Waals surface area contributed by atoms with Gasteiger partial charge in [0, 0.05) is 148 Å². The molecule has 0 bridgehead atoms. The van der Waals surface area contributed by atoms with Crippen LogP contribution in [0.5, 0.6) is 0 Å². The molecule has 1 aliphatic carbocycles. The minimum atomic E-state index is 0.269. The minimum Gasteiger partial charge on any atom is -0.437 e. The van der Waals surface area contributed by atoms with Crippen LogP contribution in [0.15, 0.2) is 235 Å². The molecule has 21 rings (SSSR count). The van der Waals surface area contributed by atoms with Crippen LogP contribution >= 0.6 is 0 Å². The van der Waals surface area contributed by atoms with Gasteiger partial charge in [0.05, 0.1) is 27.8 Å². The number of aromatic nitrogens is 10.